The van der Waals surface area contributed by atoms with Crippen molar-refractivity contribution in [1.82, 2.24) is 4.90 Å². The van der Waals surface area contributed by atoms with Crippen LogP contribution in [0.1, 0.15) is 45.4 Å². The van der Waals surface area contributed by atoms with Crippen LogP contribution in [-0.2, 0) is 0 Å². The van der Waals surface area contributed by atoms with Gasteiger partial charge in [-0.1, -0.05) is 19.8 Å². The third-order valence-corrected chi connectivity index (χ3v) is 3.98. The number of hydrogen-bond donors (Lipinski definition) is 1. The molecule has 1 aliphatic carbocycles. The molecule has 2 heteroatoms. The van der Waals surface area contributed by atoms with Crippen LogP contribution in [0.5, 0.6) is 0 Å². The normalized spacial score (nSPS) is 37.3. The van der Waals surface area contributed by atoms with E-state index in [2.05, 4.69) is 11.8 Å². The molecular formula is C12H23NO. The van der Waals surface area contributed by atoms with E-state index in [0.717, 1.165) is 12.3 Å². The molecule has 2 unspecified atom stereocenters. The molecule has 2 nitrogen and oxygen atoms in total. The van der Waals surface area contributed by atoms with Gasteiger partial charge in [-0.15, -0.1) is 0 Å². The van der Waals surface area contributed by atoms with Crippen molar-refractivity contribution >= 4 is 0 Å². The average Bonchev–Trinajstić information content (AvgIpc) is 2.20. The highest BCUT2D eigenvalue weighted by Gasteiger charge is 2.30. The molecule has 0 spiro atoms. The van der Waals surface area contributed by atoms with Gasteiger partial charge in [0, 0.05) is 6.04 Å². The topological polar surface area (TPSA) is 23.5 Å². The molecule has 0 radical (unpaired) electrons. The first-order valence-corrected chi connectivity index (χ1v) is 6.19. The van der Waals surface area contributed by atoms with Gasteiger partial charge < -0.3 is 5.11 Å². The average molecular weight is 197 g/mol. The van der Waals surface area contributed by atoms with Crippen molar-refractivity contribution in [1.29, 1.82) is 0 Å². The van der Waals surface area contributed by atoms with Gasteiger partial charge in [0.1, 0.15) is 0 Å². The van der Waals surface area contributed by atoms with Crippen molar-refractivity contribution in [3.8, 4) is 0 Å². The van der Waals surface area contributed by atoms with Gasteiger partial charge in [-0.05, 0) is 44.7 Å². The van der Waals surface area contributed by atoms with E-state index in [-0.39, 0.29) is 6.10 Å². The van der Waals surface area contributed by atoms with Crippen LogP contribution < -0.4 is 0 Å². The van der Waals surface area contributed by atoms with Gasteiger partial charge >= 0.3 is 0 Å². The van der Waals surface area contributed by atoms with Crippen LogP contribution >= 0.6 is 0 Å². The summed E-state index contributed by atoms with van der Waals surface area (Å²) in [6.45, 7) is 4.76. The van der Waals surface area contributed by atoms with Crippen LogP contribution in [0.15, 0.2) is 0 Å². The molecule has 2 aliphatic rings. The Morgan fingerprint density at radius 2 is 1.64 bits per heavy atom. The third kappa shape index (κ3) is 2.29. The van der Waals surface area contributed by atoms with Crippen LogP contribution in [0.3, 0.4) is 0 Å². The highest BCUT2D eigenvalue weighted by molar-refractivity contribution is 4.85. The fourth-order valence-corrected chi connectivity index (χ4v) is 2.88. The quantitative estimate of drug-likeness (QED) is 0.695. The first-order valence-electron chi connectivity index (χ1n) is 6.19. The van der Waals surface area contributed by atoms with Crippen molar-refractivity contribution in [2.45, 2.75) is 57.6 Å². The van der Waals surface area contributed by atoms with Gasteiger partial charge in [-0.25, -0.2) is 0 Å². The number of likely N-dealkylation sites (tertiary alicyclic amines) is 1. The van der Waals surface area contributed by atoms with Crippen LogP contribution in [0, 0.1) is 5.92 Å². The lowest BCUT2D eigenvalue weighted by atomic mass is 9.89. The fourth-order valence-electron chi connectivity index (χ4n) is 2.88. The first kappa shape index (κ1) is 10.4. The molecule has 0 aromatic rings. The number of nitrogens with zero attached hydrogens (tertiary/aromatic N) is 1. The summed E-state index contributed by atoms with van der Waals surface area (Å²) in [5.41, 5.74) is 0. The predicted octanol–water partition coefficient (Wildman–Crippen LogP) is 2.02. The second-order valence-electron chi connectivity index (χ2n) is 5.14. The van der Waals surface area contributed by atoms with Crippen LogP contribution in [0.2, 0.25) is 0 Å². The number of rotatable bonds is 1. The van der Waals surface area contributed by atoms with Crippen molar-refractivity contribution in [2.24, 2.45) is 5.92 Å². The van der Waals surface area contributed by atoms with Crippen molar-refractivity contribution < 1.29 is 5.11 Å². The summed E-state index contributed by atoms with van der Waals surface area (Å²) in [6.07, 6.45) is 7.38. The molecule has 2 atom stereocenters. The standard InChI is InChI=1S/C12H23NO/c1-10-6-8-13(9-7-10)11-4-2-3-5-12(11)14/h10-12,14H,2-9H2,1H3. The highest BCUT2D eigenvalue weighted by atomic mass is 16.3. The molecule has 1 aliphatic heterocycles. The van der Waals surface area contributed by atoms with Crippen molar-refractivity contribution in [3.05, 3.63) is 0 Å². The van der Waals surface area contributed by atoms with E-state index < -0.39 is 0 Å². The van der Waals surface area contributed by atoms with Gasteiger partial charge in [0.05, 0.1) is 6.10 Å². The number of aliphatic hydroxyl groups is 1. The van der Waals surface area contributed by atoms with E-state index in [0.29, 0.717) is 6.04 Å². The number of hydrogen-bond acceptors (Lipinski definition) is 2. The third-order valence-electron chi connectivity index (χ3n) is 3.98. The lowest BCUT2D eigenvalue weighted by molar-refractivity contribution is 0.00528. The summed E-state index contributed by atoms with van der Waals surface area (Å²) in [7, 11) is 0. The van der Waals surface area contributed by atoms with Gasteiger partial charge in [-0.3, -0.25) is 4.90 Å². The maximum absolute atomic E-state index is 9.95. The molecule has 1 saturated heterocycles. The minimum absolute atomic E-state index is 0.0443. The second kappa shape index (κ2) is 4.63. The molecule has 14 heavy (non-hydrogen) atoms. The van der Waals surface area contributed by atoms with Crippen molar-refractivity contribution in [3.63, 3.8) is 0 Å². The second-order valence-corrected chi connectivity index (χ2v) is 5.14. The zero-order valence-electron chi connectivity index (χ0n) is 9.28. The summed E-state index contributed by atoms with van der Waals surface area (Å²) < 4.78 is 0. The molecule has 1 saturated carbocycles. The summed E-state index contributed by atoms with van der Waals surface area (Å²) in [5.74, 6) is 0.895. The zero-order valence-corrected chi connectivity index (χ0v) is 9.28. The molecule has 0 aromatic carbocycles. The molecule has 0 amide bonds. The smallest absolute Gasteiger partial charge is 0.0695 e. The minimum Gasteiger partial charge on any atom is -0.391 e. The Balaban J connectivity index is 1.87. The zero-order chi connectivity index (χ0) is 9.97. The van der Waals surface area contributed by atoms with E-state index in [1.807, 2.05) is 0 Å². The van der Waals surface area contributed by atoms with Gasteiger partial charge in [0.25, 0.3) is 0 Å². The molecule has 2 fully saturated rings. The Labute approximate surface area is 87.3 Å². The lowest BCUT2D eigenvalue weighted by Crippen LogP contribution is -2.48. The first-order chi connectivity index (χ1) is 6.77. The van der Waals surface area contributed by atoms with Crippen LogP contribution in [-0.4, -0.2) is 35.2 Å². The monoisotopic (exact) mass is 197 g/mol. The van der Waals surface area contributed by atoms with E-state index in [9.17, 15) is 5.11 Å². The van der Waals surface area contributed by atoms with Gasteiger partial charge in [0.2, 0.25) is 0 Å². The summed E-state index contributed by atoms with van der Waals surface area (Å²) in [5, 5.41) is 9.95. The maximum Gasteiger partial charge on any atom is 0.0695 e. The molecule has 0 aromatic heterocycles. The summed E-state index contributed by atoms with van der Waals surface area (Å²) >= 11 is 0. The Bertz CT molecular complexity index is 175. The number of piperidine rings is 1. The maximum atomic E-state index is 9.95. The molecular weight excluding hydrogens is 174 g/mol. The van der Waals surface area contributed by atoms with Gasteiger partial charge in [0.15, 0.2) is 0 Å². The minimum atomic E-state index is -0.0443. The predicted molar refractivity (Wildman–Crippen MR) is 58.2 cm³/mol. The number of aliphatic hydroxyl groups excluding tert-OH is 1. The molecule has 82 valence electrons. The SMILES string of the molecule is CC1CCN(C2CCCCC2O)CC1. The molecule has 1 heterocycles. The molecule has 2 rings (SSSR count). The van der Waals surface area contributed by atoms with E-state index in [4.69, 9.17) is 0 Å². The summed E-state index contributed by atoms with van der Waals surface area (Å²) in [6, 6.07) is 0.483. The van der Waals surface area contributed by atoms with Crippen LogP contribution in [0.4, 0.5) is 0 Å². The molecule has 1 N–H and O–H groups in total. The molecule has 0 bridgehead atoms. The Hall–Kier alpha value is -0.0800. The van der Waals surface area contributed by atoms with E-state index in [1.54, 1.807) is 0 Å². The fraction of sp³-hybridized carbons (Fsp3) is 1.00. The Morgan fingerprint density at radius 1 is 1.00 bits per heavy atom. The Kier molecular flexibility index (Phi) is 3.45. The summed E-state index contributed by atoms with van der Waals surface area (Å²) in [4.78, 5) is 2.53. The van der Waals surface area contributed by atoms with E-state index in [1.165, 1.54) is 45.2 Å². The lowest BCUT2D eigenvalue weighted by Gasteiger charge is -2.41. The van der Waals surface area contributed by atoms with Gasteiger partial charge in [-0.2, -0.15) is 0 Å². The van der Waals surface area contributed by atoms with Crippen LogP contribution in [0.25, 0.3) is 0 Å². The van der Waals surface area contributed by atoms with E-state index >= 15 is 0 Å². The Morgan fingerprint density at radius 3 is 2.29 bits per heavy atom. The highest BCUT2D eigenvalue weighted by Crippen LogP contribution is 2.27. The largest absolute Gasteiger partial charge is 0.391 e. The van der Waals surface area contributed by atoms with Crippen molar-refractivity contribution in [2.75, 3.05) is 13.1 Å².